The summed E-state index contributed by atoms with van der Waals surface area (Å²) in [5.74, 6) is -1.33. The van der Waals surface area contributed by atoms with Crippen LogP contribution in [0.3, 0.4) is 0 Å². The lowest BCUT2D eigenvalue weighted by Gasteiger charge is -2.34. The lowest BCUT2D eigenvalue weighted by molar-refractivity contribution is 0.00636. The molecule has 0 saturated carbocycles. The van der Waals surface area contributed by atoms with Gasteiger partial charge in [0.05, 0.1) is 17.2 Å². The second-order valence-corrected chi connectivity index (χ2v) is 9.92. The number of ether oxygens (including phenoxy) is 3. The zero-order valence-corrected chi connectivity index (χ0v) is 19.3. The third kappa shape index (κ3) is 7.35. The Bertz CT molecular complexity index is 785. The number of piperidine rings is 1. The topological polar surface area (TPSA) is 65.1 Å². The van der Waals surface area contributed by atoms with Crippen LogP contribution in [-0.2, 0) is 9.47 Å². The van der Waals surface area contributed by atoms with Gasteiger partial charge in [-0.25, -0.2) is 14.0 Å². The first-order valence-corrected chi connectivity index (χ1v) is 10.5. The predicted molar refractivity (Wildman–Crippen MR) is 113 cm³/mol. The standard InChI is InChI=1S/C22H31ClFNO5/c1-21(2,3)29-19(26)15-10-16(23)18(11-17(15)24)28-13-14-8-7-9-25(12-14)20(27)30-22(4,5)6/h10-11,14H,7-9,12-13H2,1-6H3/t14-/m1/s1. The molecule has 2 rings (SSSR count). The maximum Gasteiger partial charge on any atom is 0.410 e. The van der Waals surface area contributed by atoms with E-state index in [-0.39, 0.29) is 35.0 Å². The fourth-order valence-electron chi connectivity index (χ4n) is 3.03. The van der Waals surface area contributed by atoms with Crippen LogP contribution in [0.25, 0.3) is 0 Å². The van der Waals surface area contributed by atoms with Crippen LogP contribution >= 0.6 is 11.6 Å². The summed E-state index contributed by atoms with van der Waals surface area (Å²) in [4.78, 5) is 26.1. The molecule has 0 N–H and O–H groups in total. The molecule has 0 aromatic heterocycles. The van der Waals surface area contributed by atoms with Crippen molar-refractivity contribution in [2.75, 3.05) is 19.7 Å². The summed E-state index contributed by atoms with van der Waals surface area (Å²) in [6.07, 6.45) is 1.35. The van der Waals surface area contributed by atoms with E-state index in [0.29, 0.717) is 13.1 Å². The molecule has 0 aliphatic carbocycles. The molecule has 1 aromatic carbocycles. The number of carbonyl (C=O) groups excluding carboxylic acids is 2. The largest absolute Gasteiger partial charge is 0.492 e. The molecule has 1 aliphatic rings. The number of hydrogen-bond acceptors (Lipinski definition) is 5. The molecule has 6 nitrogen and oxygen atoms in total. The Labute approximate surface area is 182 Å². The van der Waals surface area contributed by atoms with Crippen molar-refractivity contribution in [3.8, 4) is 5.75 Å². The van der Waals surface area contributed by atoms with E-state index >= 15 is 0 Å². The van der Waals surface area contributed by atoms with E-state index in [1.165, 1.54) is 6.07 Å². The summed E-state index contributed by atoms with van der Waals surface area (Å²) >= 11 is 6.20. The summed E-state index contributed by atoms with van der Waals surface area (Å²) in [5.41, 5.74) is -1.54. The monoisotopic (exact) mass is 443 g/mol. The van der Waals surface area contributed by atoms with E-state index in [2.05, 4.69) is 0 Å². The zero-order chi connectivity index (χ0) is 22.7. The first-order chi connectivity index (χ1) is 13.7. The summed E-state index contributed by atoms with van der Waals surface area (Å²) in [6, 6.07) is 2.31. The van der Waals surface area contributed by atoms with Crippen molar-refractivity contribution >= 4 is 23.7 Å². The Morgan fingerprint density at radius 3 is 2.37 bits per heavy atom. The molecule has 8 heteroatoms. The number of amides is 1. The van der Waals surface area contributed by atoms with Gasteiger partial charge in [0.2, 0.25) is 0 Å². The smallest absolute Gasteiger partial charge is 0.410 e. The van der Waals surface area contributed by atoms with E-state index in [1.807, 2.05) is 20.8 Å². The number of rotatable bonds is 4. The van der Waals surface area contributed by atoms with Crippen LogP contribution in [0.2, 0.25) is 5.02 Å². The lowest BCUT2D eigenvalue weighted by Crippen LogP contribution is -2.44. The van der Waals surface area contributed by atoms with Crippen LogP contribution < -0.4 is 4.74 Å². The van der Waals surface area contributed by atoms with E-state index in [1.54, 1.807) is 25.7 Å². The average molecular weight is 444 g/mol. The van der Waals surface area contributed by atoms with Crippen LogP contribution in [0, 0.1) is 11.7 Å². The van der Waals surface area contributed by atoms with Gasteiger partial charge in [0.15, 0.2) is 0 Å². The van der Waals surface area contributed by atoms with E-state index in [0.717, 1.165) is 18.9 Å². The lowest BCUT2D eigenvalue weighted by atomic mass is 9.99. The van der Waals surface area contributed by atoms with E-state index in [9.17, 15) is 14.0 Å². The highest BCUT2D eigenvalue weighted by Gasteiger charge is 2.28. The highest BCUT2D eigenvalue weighted by molar-refractivity contribution is 6.32. The Hall–Kier alpha value is -2.02. The van der Waals surface area contributed by atoms with Crippen molar-refractivity contribution < 1.29 is 28.2 Å². The maximum absolute atomic E-state index is 14.4. The molecule has 168 valence electrons. The number of hydrogen-bond donors (Lipinski definition) is 0. The van der Waals surface area contributed by atoms with Crippen molar-refractivity contribution in [2.45, 2.75) is 65.6 Å². The van der Waals surface area contributed by atoms with Gasteiger partial charge in [0.1, 0.15) is 22.8 Å². The molecule has 1 saturated heterocycles. The number of esters is 1. The van der Waals surface area contributed by atoms with Gasteiger partial charge in [-0.3, -0.25) is 0 Å². The summed E-state index contributed by atoms with van der Waals surface area (Å²) in [6.45, 7) is 12.0. The number of benzene rings is 1. The molecule has 1 amide bonds. The molecule has 0 unspecified atom stereocenters. The maximum atomic E-state index is 14.4. The van der Waals surface area contributed by atoms with Gasteiger partial charge in [-0.05, 0) is 60.5 Å². The molecule has 0 radical (unpaired) electrons. The highest BCUT2D eigenvalue weighted by atomic mass is 35.5. The van der Waals surface area contributed by atoms with Gasteiger partial charge in [-0.2, -0.15) is 0 Å². The van der Waals surface area contributed by atoms with Crippen molar-refractivity contribution in [1.82, 2.24) is 4.90 Å². The van der Waals surface area contributed by atoms with Crippen LogP contribution in [0.15, 0.2) is 12.1 Å². The molecular weight excluding hydrogens is 413 g/mol. The third-order valence-electron chi connectivity index (χ3n) is 4.29. The number of halogens is 2. The number of carbonyl (C=O) groups is 2. The van der Waals surface area contributed by atoms with Crippen LogP contribution in [0.1, 0.15) is 64.7 Å². The second kappa shape index (κ2) is 9.41. The fourth-order valence-corrected chi connectivity index (χ4v) is 3.25. The quantitative estimate of drug-likeness (QED) is 0.578. The minimum absolute atomic E-state index is 0.0657. The molecule has 1 aromatic rings. The molecule has 1 heterocycles. The fraction of sp³-hybridized carbons (Fsp3) is 0.636. The van der Waals surface area contributed by atoms with Gasteiger partial charge in [0, 0.05) is 25.1 Å². The molecule has 1 aliphatic heterocycles. The Morgan fingerprint density at radius 1 is 1.13 bits per heavy atom. The molecule has 0 spiro atoms. The molecule has 0 bridgehead atoms. The molecular formula is C22H31ClFNO5. The Kier molecular flexibility index (Phi) is 7.61. The molecule has 30 heavy (non-hydrogen) atoms. The van der Waals surface area contributed by atoms with E-state index < -0.39 is 23.0 Å². The minimum atomic E-state index is -0.784. The van der Waals surface area contributed by atoms with E-state index in [4.69, 9.17) is 25.8 Å². The molecule has 1 fully saturated rings. The summed E-state index contributed by atoms with van der Waals surface area (Å²) in [7, 11) is 0. The first-order valence-electron chi connectivity index (χ1n) is 10.1. The van der Waals surface area contributed by atoms with Crippen molar-refractivity contribution in [3.05, 3.63) is 28.5 Å². The number of likely N-dealkylation sites (tertiary alicyclic amines) is 1. The van der Waals surface area contributed by atoms with Crippen LogP contribution in [0.5, 0.6) is 5.75 Å². The summed E-state index contributed by atoms with van der Waals surface area (Å²) < 4.78 is 30.8. The van der Waals surface area contributed by atoms with Crippen molar-refractivity contribution in [3.63, 3.8) is 0 Å². The first kappa shape index (κ1) is 24.3. The highest BCUT2D eigenvalue weighted by Crippen LogP contribution is 2.30. The van der Waals surface area contributed by atoms with Gasteiger partial charge in [0.25, 0.3) is 0 Å². The zero-order valence-electron chi connectivity index (χ0n) is 18.5. The molecule has 1 atom stereocenters. The van der Waals surface area contributed by atoms with Gasteiger partial charge >= 0.3 is 12.1 Å². The number of nitrogens with zero attached hydrogens (tertiary/aromatic N) is 1. The van der Waals surface area contributed by atoms with Crippen LogP contribution in [-0.4, -0.2) is 47.9 Å². The SMILES string of the molecule is CC(C)(C)OC(=O)c1cc(Cl)c(OC[C@@H]2CCCN(C(=O)OC(C)(C)C)C2)cc1F. The third-order valence-corrected chi connectivity index (χ3v) is 4.58. The Morgan fingerprint density at radius 2 is 1.77 bits per heavy atom. The van der Waals surface area contributed by atoms with Gasteiger partial charge < -0.3 is 19.1 Å². The van der Waals surface area contributed by atoms with Crippen LogP contribution in [0.4, 0.5) is 9.18 Å². The summed E-state index contributed by atoms with van der Waals surface area (Å²) in [5, 5.41) is 0.122. The normalized spacial score (nSPS) is 17.5. The average Bonchev–Trinajstić information content (AvgIpc) is 2.59. The second-order valence-electron chi connectivity index (χ2n) is 9.51. The van der Waals surface area contributed by atoms with Gasteiger partial charge in [-0.15, -0.1) is 0 Å². The Balaban J connectivity index is 1.99. The van der Waals surface area contributed by atoms with Gasteiger partial charge in [-0.1, -0.05) is 11.6 Å². The minimum Gasteiger partial charge on any atom is -0.492 e. The van der Waals surface area contributed by atoms with Crippen molar-refractivity contribution in [1.29, 1.82) is 0 Å². The van der Waals surface area contributed by atoms with Crippen molar-refractivity contribution in [2.24, 2.45) is 5.92 Å². The predicted octanol–water partition coefficient (Wildman–Crippen LogP) is 5.46.